The molecule has 2 aromatic rings. The minimum atomic E-state index is -0.991. The minimum Gasteiger partial charge on any atom is -0.477 e. The van der Waals surface area contributed by atoms with Crippen LogP contribution in [0.4, 0.5) is 10.9 Å². The highest BCUT2D eigenvalue weighted by molar-refractivity contribution is 7.15. The van der Waals surface area contributed by atoms with Crippen molar-refractivity contribution >= 4 is 28.3 Å². The average molecular weight is 318 g/mol. The lowest BCUT2D eigenvalue weighted by molar-refractivity contribution is 0.0690. The molecule has 0 bridgehead atoms. The fourth-order valence-corrected chi connectivity index (χ4v) is 3.40. The van der Waals surface area contributed by atoms with Gasteiger partial charge in [0.15, 0.2) is 10.8 Å². The number of piperazine rings is 1. The molecule has 0 saturated carbocycles. The first-order valence-electron chi connectivity index (χ1n) is 7.19. The third kappa shape index (κ3) is 2.89. The van der Waals surface area contributed by atoms with Crippen molar-refractivity contribution in [3.63, 3.8) is 0 Å². The van der Waals surface area contributed by atoms with Crippen LogP contribution in [0.3, 0.4) is 0 Å². The van der Waals surface area contributed by atoms with Gasteiger partial charge >= 0.3 is 5.97 Å². The van der Waals surface area contributed by atoms with E-state index in [-0.39, 0.29) is 5.69 Å². The molecule has 0 spiro atoms. The molecule has 116 valence electrons. The molecule has 3 heterocycles. The molecule has 0 radical (unpaired) electrons. The van der Waals surface area contributed by atoms with Crippen LogP contribution in [0.25, 0.3) is 0 Å². The number of aromatic carboxylic acids is 1. The van der Waals surface area contributed by atoms with Crippen molar-refractivity contribution in [1.29, 1.82) is 0 Å². The SMILES string of the molecule is Cc1nc(N2CCN(c3cccc(C(=O)O)n3)CC2)sc1C. The van der Waals surface area contributed by atoms with Gasteiger partial charge in [0.05, 0.1) is 5.69 Å². The predicted molar refractivity (Wildman–Crippen MR) is 87.2 cm³/mol. The van der Waals surface area contributed by atoms with E-state index in [4.69, 9.17) is 5.11 Å². The maximum Gasteiger partial charge on any atom is 0.354 e. The van der Waals surface area contributed by atoms with Crippen LogP contribution in [0.1, 0.15) is 21.1 Å². The number of anilines is 2. The molecule has 3 rings (SSSR count). The number of nitrogens with zero attached hydrogens (tertiary/aromatic N) is 4. The molecular weight excluding hydrogens is 300 g/mol. The molecule has 1 fully saturated rings. The first-order chi connectivity index (χ1) is 10.5. The molecular formula is C15H18N4O2S. The van der Waals surface area contributed by atoms with Crippen LogP contribution >= 0.6 is 11.3 Å². The van der Waals surface area contributed by atoms with Gasteiger partial charge in [-0.05, 0) is 26.0 Å². The van der Waals surface area contributed by atoms with E-state index in [1.165, 1.54) is 10.9 Å². The summed E-state index contributed by atoms with van der Waals surface area (Å²) in [6.07, 6.45) is 0. The Bertz CT molecular complexity index is 673. The highest BCUT2D eigenvalue weighted by Crippen LogP contribution is 2.26. The molecule has 0 amide bonds. The zero-order valence-electron chi connectivity index (χ0n) is 12.6. The lowest BCUT2D eigenvalue weighted by atomic mass is 10.3. The van der Waals surface area contributed by atoms with Gasteiger partial charge in [-0.25, -0.2) is 14.8 Å². The number of thiazole rings is 1. The van der Waals surface area contributed by atoms with Crippen LogP contribution in [0.5, 0.6) is 0 Å². The van der Waals surface area contributed by atoms with Gasteiger partial charge in [-0.15, -0.1) is 11.3 Å². The Kier molecular flexibility index (Phi) is 3.98. The number of pyridine rings is 1. The van der Waals surface area contributed by atoms with E-state index < -0.39 is 5.97 Å². The molecule has 0 aliphatic carbocycles. The third-order valence-electron chi connectivity index (χ3n) is 3.84. The number of aromatic nitrogens is 2. The number of carboxylic acid groups (broad SMARTS) is 1. The average Bonchev–Trinajstić information content (AvgIpc) is 2.87. The summed E-state index contributed by atoms with van der Waals surface area (Å²) in [5.41, 5.74) is 1.18. The number of carboxylic acids is 1. The van der Waals surface area contributed by atoms with Crippen molar-refractivity contribution in [1.82, 2.24) is 9.97 Å². The van der Waals surface area contributed by atoms with Crippen molar-refractivity contribution in [2.45, 2.75) is 13.8 Å². The van der Waals surface area contributed by atoms with Crippen LogP contribution in [0, 0.1) is 13.8 Å². The highest BCUT2D eigenvalue weighted by Gasteiger charge is 2.21. The summed E-state index contributed by atoms with van der Waals surface area (Å²) in [6, 6.07) is 5.12. The summed E-state index contributed by atoms with van der Waals surface area (Å²) in [6.45, 7) is 7.49. The molecule has 2 aromatic heterocycles. The normalized spacial score (nSPS) is 15.2. The number of hydrogen-bond donors (Lipinski definition) is 1. The van der Waals surface area contributed by atoms with E-state index in [2.05, 4.69) is 26.7 Å². The van der Waals surface area contributed by atoms with Crippen molar-refractivity contribution in [3.8, 4) is 0 Å². The van der Waals surface area contributed by atoms with Gasteiger partial charge in [0.1, 0.15) is 5.82 Å². The Morgan fingerprint density at radius 3 is 2.41 bits per heavy atom. The van der Waals surface area contributed by atoms with Crippen molar-refractivity contribution in [3.05, 3.63) is 34.5 Å². The Morgan fingerprint density at radius 2 is 1.82 bits per heavy atom. The number of hydrogen-bond acceptors (Lipinski definition) is 6. The van der Waals surface area contributed by atoms with Gasteiger partial charge in [-0.3, -0.25) is 0 Å². The zero-order chi connectivity index (χ0) is 15.7. The second kappa shape index (κ2) is 5.92. The van der Waals surface area contributed by atoms with E-state index in [1.54, 1.807) is 17.4 Å². The van der Waals surface area contributed by atoms with Crippen LogP contribution < -0.4 is 9.80 Å². The Balaban J connectivity index is 1.69. The smallest absolute Gasteiger partial charge is 0.354 e. The maximum absolute atomic E-state index is 11.0. The number of rotatable bonds is 3. The van der Waals surface area contributed by atoms with E-state index in [1.807, 2.05) is 13.0 Å². The summed E-state index contributed by atoms with van der Waals surface area (Å²) >= 11 is 1.73. The molecule has 0 atom stereocenters. The number of carbonyl (C=O) groups is 1. The largest absolute Gasteiger partial charge is 0.477 e. The Morgan fingerprint density at radius 1 is 1.14 bits per heavy atom. The topological polar surface area (TPSA) is 69.6 Å². The Hall–Kier alpha value is -2.15. The quantitative estimate of drug-likeness (QED) is 0.935. The minimum absolute atomic E-state index is 0.0890. The molecule has 1 N–H and O–H groups in total. The standard InChI is InChI=1S/C15H18N4O2S/c1-10-11(2)22-15(16-10)19-8-6-18(7-9-19)13-5-3-4-12(17-13)14(20)21/h3-5H,6-9H2,1-2H3,(H,20,21). The van der Waals surface area contributed by atoms with Gasteiger partial charge in [0.25, 0.3) is 0 Å². The van der Waals surface area contributed by atoms with Crippen LogP contribution in [0.2, 0.25) is 0 Å². The van der Waals surface area contributed by atoms with E-state index >= 15 is 0 Å². The molecule has 0 unspecified atom stereocenters. The monoisotopic (exact) mass is 318 g/mol. The lowest BCUT2D eigenvalue weighted by Gasteiger charge is -2.35. The van der Waals surface area contributed by atoms with Crippen LogP contribution in [-0.2, 0) is 0 Å². The van der Waals surface area contributed by atoms with Gasteiger partial charge < -0.3 is 14.9 Å². The molecule has 22 heavy (non-hydrogen) atoms. The second-order valence-electron chi connectivity index (χ2n) is 5.30. The van der Waals surface area contributed by atoms with Gasteiger partial charge in [-0.1, -0.05) is 6.07 Å². The van der Waals surface area contributed by atoms with Crippen molar-refractivity contribution < 1.29 is 9.90 Å². The first-order valence-corrected chi connectivity index (χ1v) is 8.00. The lowest BCUT2D eigenvalue weighted by Crippen LogP contribution is -2.46. The summed E-state index contributed by atoms with van der Waals surface area (Å²) in [5, 5.41) is 10.1. The van der Waals surface area contributed by atoms with Crippen LogP contribution in [0.15, 0.2) is 18.2 Å². The summed E-state index contributed by atoms with van der Waals surface area (Å²) < 4.78 is 0. The predicted octanol–water partition coefficient (Wildman–Crippen LogP) is 2.18. The van der Waals surface area contributed by atoms with Gasteiger partial charge in [0.2, 0.25) is 0 Å². The third-order valence-corrected chi connectivity index (χ3v) is 4.98. The molecule has 1 aliphatic heterocycles. The van der Waals surface area contributed by atoms with Crippen LogP contribution in [-0.4, -0.2) is 47.2 Å². The van der Waals surface area contributed by atoms with Gasteiger partial charge in [0, 0.05) is 31.1 Å². The fraction of sp³-hybridized carbons (Fsp3) is 0.400. The van der Waals surface area contributed by atoms with E-state index in [0.717, 1.165) is 42.8 Å². The molecule has 6 nitrogen and oxygen atoms in total. The zero-order valence-corrected chi connectivity index (χ0v) is 13.4. The molecule has 1 aliphatic rings. The molecule has 7 heteroatoms. The van der Waals surface area contributed by atoms with Crippen molar-refractivity contribution in [2.75, 3.05) is 36.0 Å². The summed E-state index contributed by atoms with van der Waals surface area (Å²) in [7, 11) is 0. The fourth-order valence-electron chi connectivity index (χ4n) is 2.44. The molecule has 0 aromatic carbocycles. The first kappa shape index (κ1) is 14.8. The highest BCUT2D eigenvalue weighted by atomic mass is 32.1. The Labute approximate surface area is 133 Å². The van der Waals surface area contributed by atoms with Crippen molar-refractivity contribution in [2.24, 2.45) is 0 Å². The molecule has 1 saturated heterocycles. The maximum atomic E-state index is 11.0. The second-order valence-corrected chi connectivity index (χ2v) is 6.48. The van der Waals surface area contributed by atoms with E-state index in [0.29, 0.717) is 0 Å². The summed E-state index contributed by atoms with van der Waals surface area (Å²) in [4.78, 5) is 25.5. The van der Waals surface area contributed by atoms with E-state index in [9.17, 15) is 4.79 Å². The van der Waals surface area contributed by atoms with Gasteiger partial charge in [-0.2, -0.15) is 0 Å². The number of aryl methyl sites for hydroxylation is 2. The summed E-state index contributed by atoms with van der Waals surface area (Å²) in [5.74, 6) is -0.264.